The summed E-state index contributed by atoms with van der Waals surface area (Å²) >= 11 is 0. The number of likely N-dealkylation sites (tertiary alicyclic amines) is 1. The van der Waals surface area contributed by atoms with E-state index in [9.17, 15) is 4.79 Å². The minimum Gasteiger partial charge on any atom is -0.339 e. The Hall–Kier alpha value is -3.03. The number of hydrogen-bond donors (Lipinski definition) is 0. The molecule has 0 radical (unpaired) electrons. The van der Waals surface area contributed by atoms with Crippen LogP contribution in [0.25, 0.3) is 5.69 Å². The fraction of sp³-hybridized carbons (Fsp3) is 0.353. The Morgan fingerprint density at radius 3 is 2.72 bits per heavy atom. The number of hydrogen-bond acceptors (Lipinski definition) is 5. The largest absolute Gasteiger partial charge is 0.339 e. The molecule has 1 saturated heterocycles. The Morgan fingerprint density at radius 1 is 1.16 bits per heavy atom. The van der Waals surface area contributed by atoms with Crippen LogP contribution in [0.15, 0.2) is 49.3 Å². The molecule has 0 N–H and O–H groups in total. The molecule has 3 aromatic rings. The molecular weight excluding hydrogens is 318 g/mol. The zero-order chi connectivity index (χ0) is 17.1. The van der Waals surface area contributed by atoms with Crippen LogP contribution in [-0.2, 0) is 6.54 Å². The van der Waals surface area contributed by atoms with Gasteiger partial charge < -0.3 is 9.47 Å². The molecule has 1 amide bonds. The van der Waals surface area contributed by atoms with Gasteiger partial charge in [0.15, 0.2) is 0 Å². The molecule has 0 atom stereocenters. The van der Waals surface area contributed by atoms with E-state index >= 15 is 0 Å². The summed E-state index contributed by atoms with van der Waals surface area (Å²) in [6, 6.07) is 7.43. The molecule has 0 aliphatic carbocycles. The standard InChI is InChI=1S/C17H19N7O/c25-17(15-3-1-2-4-16(15)24-13-19-20-21-24)23-8-5-14(6-9-23)11-22-10-7-18-12-22/h1-4,7,10,12-14H,5-6,8-9,11H2. The Balaban J connectivity index is 1.44. The molecule has 0 bridgehead atoms. The number of amides is 1. The van der Waals surface area contributed by atoms with Crippen LogP contribution in [-0.4, -0.2) is 53.7 Å². The third-order valence-corrected chi connectivity index (χ3v) is 4.66. The van der Waals surface area contributed by atoms with Gasteiger partial charge in [-0.2, -0.15) is 4.68 Å². The Labute approximate surface area is 145 Å². The van der Waals surface area contributed by atoms with E-state index in [-0.39, 0.29) is 5.91 Å². The van der Waals surface area contributed by atoms with Crippen LogP contribution in [0, 0.1) is 5.92 Å². The van der Waals surface area contributed by atoms with Crippen molar-refractivity contribution >= 4 is 5.91 Å². The van der Waals surface area contributed by atoms with Crippen LogP contribution in [0.3, 0.4) is 0 Å². The number of imidazole rings is 1. The van der Waals surface area contributed by atoms with E-state index in [0.717, 1.165) is 32.5 Å². The molecule has 2 aromatic heterocycles. The average molecular weight is 337 g/mol. The second kappa shape index (κ2) is 6.84. The zero-order valence-electron chi connectivity index (χ0n) is 13.8. The van der Waals surface area contributed by atoms with Crippen molar-refractivity contribution in [2.75, 3.05) is 13.1 Å². The second-order valence-corrected chi connectivity index (χ2v) is 6.27. The fourth-order valence-electron chi connectivity index (χ4n) is 3.31. The van der Waals surface area contributed by atoms with Crippen LogP contribution in [0.1, 0.15) is 23.2 Å². The lowest BCUT2D eigenvalue weighted by Crippen LogP contribution is -2.39. The minimum absolute atomic E-state index is 0.0344. The minimum atomic E-state index is 0.0344. The van der Waals surface area contributed by atoms with Gasteiger partial charge in [-0.25, -0.2) is 4.98 Å². The highest BCUT2D eigenvalue weighted by atomic mass is 16.2. The number of benzene rings is 1. The Kier molecular flexibility index (Phi) is 4.24. The maximum absolute atomic E-state index is 13.0. The molecule has 1 aromatic carbocycles. The zero-order valence-corrected chi connectivity index (χ0v) is 13.8. The first-order valence-electron chi connectivity index (χ1n) is 8.38. The summed E-state index contributed by atoms with van der Waals surface area (Å²) in [5, 5.41) is 11.2. The third kappa shape index (κ3) is 3.28. The molecule has 8 nitrogen and oxygen atoms in total. The van der Waals surface area contributed by atoms with Crippen molar-refractivity contribution in [3.8, 4) is 5.69 Å². The summed E-state index contributed by atoms with van der Waals surface area (Å²) < 4.78 is 3.63. The van der Waals surface area contributed by atoms with Gasteiger partial charge in [-0.1, -0.05) is 12.1 Å². The smallest absolute Gasteiger partial charge is 0.256 e. The number of aromatic nitrogens is 6. The van der Waals surface area contributed by atoms with Crippen molar-refractivity contribution in [3.05, 3.63) is 54.9 Å². The molecular formula is C17H19N7O. The van der Waals surface area contributed by atoms with E-state index in [1.165, 1.54) is 11.0 Å². The Morgan fingerprint density at radius 2 is 2.00 bits per heavy atom. The molecule has 4 rings (SSSR count). The molecule has 0 unspecified atom stereocenters. The van der Waals surface area contributed by atoms with Crippen LogP contribution in [0.2, 0.25) is 0 Å². The first-order valence-corrected chi connectivity index (χ1v) is 8.38. The SMILES string of the molecule is O=C(c1ccccc1-n1cnnn1)N1CCC(Cn2ccnc2)CC1. The van der Waals surface area contributed by atoms with Gasteiger partial charge in [0.1, 0.15) is 6.33 Å². The van der Waals surface area contributed by atoms with Gasteiger partial charge in [0.2, 0.25) is 0 Å². The van der Waals surface area contributed by atoms with Gasteiger partial charge in [0.25, 0.3) is 5.91 Å². The summed E-state index contributed by atoms with van der Waals surface area (Å²) in [6.07, 6.45) is 9.13. The number of piperidine rings is 1. The highest BCUT2D eigenvalue weighted by Gasteiger charge is 2.25. The summed E-state index contributed by atoms with van der Waals surface area (Å²) in [7, 11) is 0. The highest BCUT2D eigenvalue weighted by molar-refractivity contribution is 5.97. The van der Waals surface area contributed by atoms with Crippen molar-refractivity contribution in [1.29, 1.82) is 0 Å². The van der Waals surface area contributed by atoms with E-state index in [1.807, 2.05) is 41.7 Å². The van der Waals surface area contributed by atoms with Crippen molar-refractivity contribution in [1.82, 2.24) is 34.7 Å². The predicted octanol–water partition coefficient (Wildman–Crippen LogP) is 1.41. The maximum Gasteiger partial charge on any atom is 0.256 e. The summed E-state index contributed by atoms with van der Waals surface area (Å²) in [5.74, 6) is 0.611. The molecule has 1 aliphatic rings. The number of carbonyl (C=O) groups is 1. The number of nitrogens with zero attached hydrogens (tertiary/aromatic N) is 7. The second-order valence-electron chi connectivity index (χ2n) is 6.27. The monoisotopic (exact) mass is 337 g/mol. The molecule has 25 heavy (non-hydrogen) atoms. The van der Waals surface area contributed by atoms with Gasteiger partial charge in [0, 0.05) is 32.0 Å². The van der Waals surface area contributed by atoms with Crippen molar-refractivity contribution in [3.63, 3.8) is 0 Å². The summed E-state index contributed by atoms with van der Waals surface area (Å²) in [6.45, 7) is 2.49. The number of rotatable bonds is 4. The third-order valence-electron chi connectivity index (χ3n) is 4.66. The van der Waals surface area contributed by atoms with Crippen LogP contribution in [0.4, 0.5) is 0 Å². The number of para-hydroxylation sites is 1. The quantitative estimate of drug-likeness (QED) is 0.719. The molecule has 128 valence electrons. The van der Waals surface area contributed by atoms with Crippen molar-refractivity contribution < 1.29 is 4.79 Å². The molecule has 1 aliphatic heterocycles. The first kappa shape index (κ1) is 15.5. The molecule has 0 saturated carbocycles. The van der Waals surface area contributed by atoms with Gasteiger partial charge in [-0.3, -0.25) is 4.79 Å². The first-order chi connectivity index (χ1) is 12.3. The number of tetrazole rings is 1. The topological polar surface area (TPSA) is 81.7 Å². The molecule has 3 heterocycles. The maximum atomic E-state index is 13.0. The summed E-state index contributed by atoms with van der Waals surface area (Å²) in [4.78, 5) is 19.0. The van der Waals surface area contributed by atoms with Gasteiger partial charge >= 0.3 is 0 Å². The lowest BCUT2D eigenvalue weighted by Gasteiger charge is -2.32. The summed E-state index contributed by atoms with van der Waals surface area (Å²) in [5.41, 5.74) is 1.33. The van der Waals surface area contributed by atoms with Crippen molar-refractivity contribution in [2.45, 2.75) is 19.4 Å². The van der Waals surface area contributed by atoms with E-state index < -0.39 is 0 Å². The normalized spacial score (nSPS) is 15.4. The van der Waals surface area contributed by atoms with Crippen LogP contribution < -0.4 is 0 Å². The lowest BCUT2D eigenvalue weighted by atomic mass is 9.96. The fourth-order valence-corrected chi connectivity index (χ4v) is 3.31. The number of carbonyl (C=O) groups excluding carboxylic acids is 1. The Bertz CT molecular complexity index is 821. The molecule has 1 fully saturated rings. The average Bonchev–Trinajstić information content (AvgIpc) is 3.36. The van der Waals surface area contributed by atoms with Gasteiger partial charge in [0.05, 0.1) is 17.6 Å². The van der Waals surface area contributed by atoms with Gasteiger partial charge in [-0.15, -0.1) is 5.10 Å². The van der Waals surface area contributed by atoms with E-state index in [0.29, 0.717) is 17.2 Å². The molecule has 8 heteroatoms. The van der Waals surface area contributed by atoms with Crippen LogP contribution in [0.5, 0.6) is 0 Å². The highest BCUT2D eigenvalue weighted by Crippen LogP contribution is 2.22. The lowest BCUT2D eigenvalue weighted by molar-refractivity contribution is 0.0682. The van der Waals surface area contributed by atoms with Gasteiger partial charge in [-0.05, 0) is 41.3 Å². The van der Waals surface area contributed by atoms with E-state index in [4.69, 9.17) is 0 Å². The predicted molar refractivity (Wildman–Crippen MR) is 90.0 cm³/mol. The van der Waals surface area contributed by atoms with E-state index in [2.05, 4.69) is 25.1 Å². The van der Waals surface area contributed by atoms with Crippen LogP contribution >= 0.6 is 0 Å². The molecule has 0 spiro atoms. The van der Waals surface area contributed by atoms with Crippen molar-refractivity contribution in [2.24, 2.45) is 5.92 Å². The van der Waals surface area contributed by atoms with E-state index in [1.54, 1.807) is 6.20 Å².